The van der Waals surface area contributed by atoms with Gasteiger partial charge in [0.15, 0.2) is 0 Å². The normalized spacial score (nSPS) is 15.5. The Balaban J connectivity index is 2.75. The minimum absolute atomic E-state index is 0.0850. The summed E-state index contributed by atoms with van der Waals surface area (Å²) in [4.78, 5) is 15.6. The van der Waals surface area contributed by atoms with Gasteiger partial charge in [-0.1, -0.05) is 6.58 Å². The van der Waals surface area contributed by atoms with Crippen LogP contribution in [0.3, 0.4) is 0 Å². The molecule has 0 fully saturated rings. The Morgan fingerprint density at radius 3 is 2.31 bits per heavy atom. The number of rotatable bonds is 0. The van der Waals surface area contributed by atoms with E-state index in [1.54, 1.807) is 23.3 Å². The lowest BCUT2D eigenvalue weighted by Crippen LogP contribution is -2.17. The standard InChI is InChI=1S/C10H11NOS/c1-5-8-6(2)13-7(3)9(8)10(12)11(5)4/h1H2,2-4H3. The van der Waals surface area contributed by atoms with Crippen LogP contribution >= 0.6 is 11.3 Å². The molecule has 0 N–H and O–H groups in total. The molecule has 2 heterocycles. The van der Waals surface area contributed by atoms with Gasteiger partial charge in [0.05, 0.1) is 5.56 Å². The second kappa shape index (κ2) is 2.45. The fourth-order valence-electron chi connectivity index (χ4n) is 1.75. The highest BCUT2D eigenvalue weighted by atomic mass is 32.1. The Kier molecular flexibility index (Phi) is 1.60. The summed E-state index contributed by atoms with van der Waals surface area (Å²) in [5.74, 6) is 0.0850. The summed E-state index contributed by atoms with van der Waals surface area (Å²) >= 11 is 1.67. The van der Waals surface area contributed by atoms with Crippen LogP contribution in [0.5, 0.6) is 0 Å². The maximum atomic E-state index is 11.7. The van der Waals surface area contributed by atoms with Gasteiger partial charge >= 0.3 is 0 Å². The van der Waals surface area contributed by atoms with Crippen molar-refractivity contribution in [2.24, 2.45) is 0 Å². The number of aryl methyl sites for hydroxylation is 2. The molecule has 1 amide bonds. The molecular weight excluding hydrogens is 182 g/mol. The van der Waals surface area contributed by atoms with Crippen LogP contribution in [0.1, 0.15) is 25.7 Å². The number of hydrogen-bond acceptors (Lipinski definition) is 2. The Morgan fingerprint density at radius 2 is 1.77 bits per heavy atom. The minimum atomic E-state index is 0.0850. The number of thiophene rings is 1. The van der Waals surface area contributed by atoms with Crippen molar-refractivity contribution in [3.8, 4) is 0 Å². The highest BCUT2D eigenvalue weighted by molar-refractivity contribution is 7.12. The molecule has 0 saturated carbocycles. The van der Waals surface area contributed by atoms with Gasteiger partial charge in [0, 0.05) is 28.1 Å². The number of carbonyl (C=O) groups is 1. The maximum absolute atomic E-state index is 11.7. The van der Waals surface area contributed by atoms with E-state index in [0.717, 1.165) is 21.7 Å². The van der Waals surface area contributed by atoms with Crippen LogP contribution in [0.2, 0.25) is 0 Å². The van der Waals surface area contributed by atoms with Crippen molar-refractivity contribution in [2.45, 2.75) is 13.8 Å². The predicted molar refractivity (Wildman–Crippen MR) is 54.9 cm³/mol. The summed E-state index contributed by atoms with van der Waals surface area (Å²) in [7, 11) is 1.77. The molecule has 0 aromatic carbocycles. The second-order valence-corrected chi connectivity index (χ2v) is 4.70. The van der Waals surface area contributed by atoms with Crippen molar-refractivity contribution < 1.29 is 4.79 Å². The lowest BCUT2D eigenvalue weighted by molar-refractivity contribution is 0.0874. The van der Waals surface area contributed by atoms with E-state index in [1.165, 1.54) is 4.88 Å². The summed E-state index contributed by atoms with van der Waals surface area (Å²) in [5.41, 5.74) is 2.74. The molecular formula is C10H11NOS. The molecule has 68 valence electrons. The van der Waals surface area contributed by atoms with E-state index >= 15 is 0 Å². The van der Waals surface area contributed by atoms with Crippen LogP contribution in [0.15, 0.2) is 6.58 Å². The first-order valence-electron chi connectivity index (χ1n) is 4.11. The summed E-state index contributed by atoms with van der Waals surface area (Å²) in [6.45, 7) is 7.94. The Labute approximate surface area is 81.5 Å². The van der Waals surface area contributed by atoms with Gasteiger partial charge in [-0.05, 0) is 13.8 Å². The van der Waals surface area contributed by atoms with Crippen LogP contribution in [-0.4, -0.2) is 17.9 Å². The number of amides is 1. The van der Waals surface area contributed by atoms with Crippen molar-refractivity contribution in [1.29, 1.82) is 0 Å². The van der Waals surface area contributed by atoms with E-state index < -0.39 is 0 Å². The summed E-state index contributed by atoms with van der Waals surface area (Å²) in [5, 5.41) is 0. The van der Waals surface area contributed by atoms with Gasteiger partial charge in [-0.25, -0.2) is 0 Å². The maximum Gasteiger partial charge on any atom is 0.259 e. The number of hydrogen-bond donors (Lipinski definition) is 0. The number of nitrogens with zero attached hydrogens (tertiary/aromatic N) is 1. The summed E-state index contributed by atoms with van der Waals surface area (Å²) < 4.78 is 0. The highest BCUT2D eigenvalue weighted by Gasteiger charge is 2.32. The minimum Gasteiger partial charge on any atom is -0.311 e. The molecule has 1 aromatic heterocycles. The first kappa shape index (κ1) is 8.51. The van der Waals surface area contributed by atoms with Crippen LogP contribution in [0.25, 0.3) is 5.70 Å². The molecule has 0 radical (unpaired) electrons. The zero-order chi connectivity index (χ0) is 9.75. The molecule has 1 aliphatic rings. The van der Waals surface area contributed by atoms with Crippen LogP contribution in [0, 0.1) is 13.8 Å². The molecule has 0 spiro atoms. The van der Waals surface area contributed by atoms with Crippen LogP contribution in [-0.2, 0) is 0 Å². The molecule has 3 heteroatoms. The van der Waals surface area contributed by atoms with Gasteiger partial charge in [-0.2, -0.15) is 0 Å². The molecule has 0 bridgehead atoms. The first-order chi connectivity index (χ1) is 6.04. The molecule has 1 aliphatic heterocycles. The van der Waals surface area contributed by atoms with Crippen molar-refractivity contribution in [1.82, 2.24) is 4.90 Å². The zero-order valence-corrected chi connectivity index (χ0v) is 8.79. The van der Waals surface area contributed by atoms with Gasteiger partial charge < -0.3 is 4.90 Å². The third kappa shape index (κ3) is 0.907. The van der Waals surface area contributed by atoms with Crippen molar-refractivity contribution >= 4 is 22.9 Å². The van der Waals surface area contributed by atoms with Crippen molar-refractivity contribution in [2.75, 3.05) is 7.05 Å². The average molecular weight is 193 g/mol. The van der Waals surface area contributed by atoms with Gasteiger partial charge in [0.2, 0.25) is 0 Å². The van der Waals surface area contributed by atoms with Gasteiger partial charge in [0.25, 0.3) is 5.91 Å². The van der Waals surface area contributed by atoms with Gasteiger partial charge in [0.1, 0.15) is 0 Å². The third-order valence-electron chi connectivity index (χ3n) is 2.47. The Morgan fingerprint density at radius 1 is 1.23 bits per heavy atom. The van der Waals surface area contributed by atoms with Crippen molar-refractivity contribution in [3.05, 3.63) is 27.5 Å². The monoisotopic (exact) mass is 193 g/mol. The van der Waals surface area contributed by atoms with Gasteiger partial charge in [-0.3, -0.25) is 4.79 Å². The summed E-state index contributed by atoms with van der Waals surface area (Å²) in [6.07, 6.45) is 0. The fraction of sp³-hybridized carbons (Fsp3) is 0.300. The highest BCUT2D eigenvalue weighted by Crippen LogP contribution is 2.39. The number of carbonyl (C=O) groups excluding carboxylic acids is 1. The Hall–Kier alpha value is -1.09. The first-order valence-corrected chi connectivity index (χ1v) is 4.93. The number of fused-ring (bicyclic) bond motifs is 1. The molecule has 2 rings (SSSR count). The summed E-state index contributed by atoms with van der Waals surface area (Å²) in [6, 6.07) is 0. The van der Waals surface area contributed by atoms with E-state index in [-0.39, 0.29) is 5.91 Å². The van der Waals surface area contributed by atoms with Crippen LogP contribution in [0.4, 0.5) is 0 Å². The molecule has 1 aromatic rings. The molecule has 0 saturated heterocycles. The average Bonchev–Trinajstić information content (AvgIpc) is 2.47. The van der Waals surface area contributed by atoms with Gasteiger partial charge in [-0.15, -0.1) is 11.3 Å². The van der Waals surface area contributed by atoms with E-state index in [0.29, 0.717) is 0 Å². The predicted octanol–water partition coefficient (Wildman–Crippen LogP) is 2.42. The molecule has 0 aliphatic carbocycles. The van der Waals surface area contributed by atoms with E-state index in [4.69, 9.17) is 0 Å². The molecule has 2 nitrogen and oxygen atoms in total. The lowest BCUT2D eigenvalue weighted by Gasteiger charge is -2.09. The van der Waals surface area contributed by atoms with Crippen LogP contribution < -0.4 is 0 Å². The molecule has 0 unspecified atom stereocenters. The van der Waals surface area contributed by atoms with Crippen molar-refractivity contribution in [3.63, 3.8) is 0 Å². The zero-order valence-electron chi connectivity index (χ0n) is 7.97. The Bertz CT molecular complexity index is 380. The molecule has 0 atom stereocenters. The topological polar surface area (TPSA) is 20.3 Å². The largest absolute Gasteiger partial charge is 0.311 e. The smallest absolute Gasteiger partial charge is 0.259 e. The SMILES string of the molecule is C=C1c2c(C)sc(C)c2C(=O)N1C. The third-order valence-corrected chi connectivity index (χ3v) is 3.49. The lowest BCUT2D eigenvalue weighted by atomic mass is 10.1. The van der Waals surface area contributed by atoms with E-state index in [2.05, 4.69) is 6.58 Å². The van der Waals surface area contributed by atoms with E-state index in [9.17, 15) is 4.79 Å². The van der Waals surface area contributed by atoms with E-state index in [1.807, 2.05) is 13.8 Å². The fourth-order valence-corrected chi connectivity index (χ4v) is 2.82. The quantitative estimate of drug-likeness (QED) is 0.619. The molecule has 13 heavy (non-hydrogen) atoms. The second-order valence-electron chi connectivity index (χ2n) is 3.28.